The highest BCUT2D eigenvalue weighted by molar-refractivity contribution is 5.93. The number of benzene rings is 1. The molecule has 0 unspecified atom stereocenters. The SMILES string of the molecule is CCCCCCNC(=O)Nc1cccc(NC(=O)CC)c1. The van der Waals surface area contributed by atoms with Crippen molar-refractivity contribution < 1.29 is 9.59 Å². The Morgan fingerprint density at radius 1 is 1.00 bits per heavy atom. The van der Waals surface area contributed by atoms with Crippen LogP contribution in [0.1, 0.15) is 46.0 Å². The summed E-state index contributed by atoms with van der Waals surface area (Å²) >= 11 is 0. The smallest absolute Gasteiger partial charge is 0.319 e. The van der Waals surface area contributed by atoms with Crippen LogP contribution in [0.4, 0.5) is 16.2 Å². The van der Waals surface area contributed by atoms with Crippen LogP contribution in [0.2, 0.25) is 0 Å². The van der Waals surface area contributed by atoms with E-state index in [9.17, 15) is 9.59 Å². The van der Waals surface area contributed by atoms with Gasteiger partial charge in [0, 0.05) is 24.3 Å². The molecule has 0 spiro atoms. The van der Waals surface area contributed by atoms with E-state index >= 15 is 0 Å². The summed E-state index contributed by atoms with van der Waals surface area (Å²) in [5, 5.41) is 8.35. The van der Waals surface area contributed by atoms with E-state index in [0.29, 0.717) is 24.3 Å². The molecule has 0 heterocycles. The van der Waals surface area contributed by atoms with Crippen molar-refractivity contribution in [1.29, 1.82) is 0 Å². The summed E-state index contributed by atoms with van der Waals surface area (Å²) in [6.45, 7) is 4.63. The highest BCUT2D eigenvalue weighted by Crippen LogP contribution is 2.15. The van der Waals surface area contributed by atoms with Gasteiger partial charge in [0.1, 0.15) is 0 Å². The summed E-state index contributed by atoms with van der Waals surface area (Å²) in [6.07, 6.45) is 4.93. The van der Waals surface area contributed by atoms with Gasteiger partial charge >= 0.3 is 6.03 Å². The van der Waals surface area contributed by atoms with E-state index in [2.05, 4.69) is 22.9 Å². The van der Waals surface area contributed by atoms with E-state index in [1.54, 1.807) is 31.2 Å². The van der Waals surface area contributed by atoms with Gasteiger partial charge in [-0.3, -0.25) is 4.79 Å². The van der Waals surface area contributed by atoms with Crippen molar-refractivity contribution in [2.45, 2.75) is 46.0 Å². The molecule has 0 aliphatic heterocycles. The lowest BCUT2D eigenvalue weighted by molar-refractivity contribution is -0.115. The maximum atomic E-state index is 11.7. The van der Waals surface area contributed by atoms with Crippen LogP contribution in [0.15, 0.2) is 24.3 Å². The Bertz CT molecular complexity index is 461. The molecule has 0 bridgehead atoms. The third-order valence-electron chi connectivity index (χ3n) is 3.04. The molecule has 1 aromatic rings. The lowest BCUT2D eigenvalue weighted by Gasteiger charge is -2.09. The second-order valence-electron chi connectivity index (χ2n) is 4.92. The molecule has 116 valence electrons. The van der Waals surface area contributed by atoms with Crippen LogP contribution in [0.3, 0.4) is 0 Å². The quantitative estimate of drug-likeness (QED) is 0.639. The van der Waals surface area contributed by atoms with Crippen LogP contribution in [-0.2, 0) is 4.79 Å². The van der Waals surface area contributed by atoms with Gasteiger partial charge in [0.25, 0.3) is 0 Å². The molecule has 0 aliphatic rings. The van der Waals surface area contributed by atoms with Gasteiger partial charge < -0.3 is 16.0 Å². The first-order chi connectivity index (χ1) is 10.2. The predicted molar refractivity (Wildman–Crippen MR) is 86.5 cm³/mol. The van der Waals surface area contributed by atoms with Gasteiger partial charge in [-0.15, -0.1) is 0 Å². The van der Waals surface area contributed by atoms with Gasteiger partial charge in [0.2, 0.25) is 5.91 Å². The number of anilines is 2. The molecule has 5 nitrogen and oxygen atoms in total. The van der Waals surface area contributed by atoms with E-state index in [1.807, 2.05) is 0 Å². The zero-order chi connectivity index (χ0) is 15.5. The normalized spacial score (nSPS) is 10.0. The van der Waals surface area contributed by atoms with Gasteiger partial charge in [-0.05, 0) is 24.6 Å². The number of nitrogens with one attached hydrogen (secondary N) is 3. The molecular formula is C16H25N3O2. The molecule has 0 saturated heterocycles. The van der Waals surface area contributed by atoms with Crippen LogP contribution in [0, 0.1) is 0 Å². The molecule has 0 atom stereocenters. The first kappa shape index (κ1) is 17.0. The van der Waals surface area contributed by atoms with E-state index in [-0.39, 0.29) is 11.9 Å². The van der Waals surface area contributed by atoms with Crippen molar-refractivity contribution in [1.82, 2.24) is 5.32 Å². The van der Waals surface area contributed by atoms with Crippen molar-refractivity contribution >= 4 is 23.3 Å². The summed E-state index contributed by atoms with van der Waals surface area (Å²) in [7, 11) is 0. The minimum atomic E-state index is -0.217. The molecule has 0 saturated carbocycles. The molecule has 0 aromatic heterocycles. The fourth-order valence-electron chi connectivity index (χ4n) is 1.85. The van der Waals surface area contributed by atoms with Gasteiger partial charge in [-0.2, -0.15) is 0 Å². The third-order valence-corrected chi connectivity index (χ3v) is 3.04. The minimum Gasteiger partial charge on any atom is -0.338 e. The summed E-state index contributed by atoms with van der Waals surface area (Å²) < 4.78 is 0. The fourth-order valence-corrected chi connectivity index (χ4v) is 1.85. The van der Waals surface area contributed by atoms with Crippen molar-refractivity contribution in [2.75, 3.05) is 17.2 Å². The van der Waals surface area contributed by atoms with Crippen LogP contribution in [0.25, 0.3) is 0 Å². The second-order valence-corrected chi connectivity index (χ2v) is 4.92. The number of amides is 3. The van der Waals surface area contributed by atoms with Crippen LogP contribution in [0.5, 0.6) is 0 Å². The summed E-state index contributed by atoms with van der Waals surface area (Å²) in [5.41, 5.74) is 1.34. The van der Waals surface area contributed by atoms with Gasteiger partial charge in [-0.1, -0.05) is 39.2 Å². The lowest BCUT2D eigenvalue weighted by atomic mass is 10.2. The number of urea groups is 1. The predicted octanol–water partition coefficient (Wildman–Crippen LogP) is 3.74. The zero-order valence-corrected chi connectivity index (χ0v) is 12.9. The minimum absolute atomic E-state index is 0.0486. The first-order valence-electron chi connectivity index (χ1n) is 7.60. The summed E-state index contributed by atoms with van der Waals surface area (Å²) in [6, 6.07) is 6.90. The van der Waals surface area contributed by atoms with Crippen molar-refractivity contribution in [2.24, 2.45) is 0 Å². The monoisotopic (exact) mass is 291 g/mol. The third kappa shape index (κ3) is 7.34. The van der Waals surface area contributed by atoms with Gasteiger partial charge in [0.05, 0.1) is 0 Å². The Kier molecular flexibility index (Phi) is 7.94. The topological polar surface area (TPSA) is 70.2 Å². The Hall–Kier alpha value is -2.04. The molecule has 3 amide bonds. The summed E-state index contributed by atoms with van der Waals surface area (Å²) in [5.74, 6) is -0.0486. The molecule has 3 N–H and O–H groups in total. The largest absolute Gasteiger partial charge is 0.338 e. The van der Waals surface area contributed by atoms with Crippen LogP contribution in [-0.4, -0.2) is 18.5 Å². The highest BCUT2D eigenvalue weighted by Gasteiger charge is 2.03. The Morgan fingerprint density at radius 3 is 2.38 bits per heavy atom. The van der Waals surface area contributed by atoms with Crippen LogP contribution < -0.4 is 16.0 Å². The van der Waals surface area contributed by atoms with Crippen molar-refractivity contribution in [3.8, 4) is 0 Å². The maximum Gasteiger partial charge on any atom is 0.319 e. The van der Waals surface area contributed by atoms with E-state index in [0.717, 1.165) is 12.8 Å². The molecule has 0 fully saturated rings. The number of unbranched alkanes of at least 4 members (excludes halogenated alkanes) is 3. The summed E-state index contributed by atoms with van der Waals surface area (Å²) in [4.78, 5) is 23.1. The van der Waals surface area contributed by atoms with Crippen molar-refractivity contribution in [3.05, 3.63) is 24.3 Å². The number of carbonyl (C=O) groups excluding carboxylic acids is 2. The maximum absolute atomic E-state index is 11.7. The molecule has 0 aliphatic carbocycles. The zero-order valence-electron chi connectivity index (χ0n) is 12.9. The number of hydrogen-bond donors (Lipinski definition) is 3. The highest BCUT2D eigenvalue weighted by atomic mass is 16.2. The Labute approximate surface area is 126 Å². The number of rotatable bonds is 8. The first-order valence-corrected chi connectivity index (χ1v) is 7.60. The van der Waals surface area contributed by atoms with Crippen LogP contribution >= 0.6 is 0 Å². The Morgan fingerprint density at radius 2 is 1.71 bits per heavy atom. The fraction of sp³-hybridized carbons (Fsp3) is 0.500. The van der Waals surface area contributed by atoms with Gasteiger partial charge in [0.15, 0.2) is 0 Å². The second kappa shape index (κ2) is 9.80. The van der Waals surface area contributed by atoms with E-state index in [4.69, 9.17) is 0 Å². The lowest BCUT2D eigenvalue weighted by Crippen LogP contribution is -2.29. The molecule has 5 heteroatoms. The standard InChI is InChI=1S/C16H25N3O2/c1-3-5-6-7-11-17-16(21)19-14-10-8-9-13(12-14)18-15(20)4-2/h8-10,12H,3-7,11H2,1-2H3,(H,18,20)(H2,17,19,21). The number of hydrogen-bond acceptors (Lipinski definition) is 2. The Balaban J connectivity index is 2.38. The number of carbonyl (C=O) groups is 2. The molecule has 21 heavy (non-hydrogen) atoms. The van der Waals surface area contributed by atoms with E-state index in [1.165, 1.54) is 12.8 Å². The van der Waals surface area contributed by atoms with E-state index < -0.39 is 0 Å². The van der Waals surface area contributed by atoms with Gasteiger partial charge in [-0.25, -0.2) is 4.79 Å². The molecule has 1 rings (SSSR count). The van der Waals surface area contributed by atoms with Crippen molar-refractivity contribution in [3.63, 3.8) is 0 Å². The average Bonchev–Trinajstić information content (AvgIpc) is 2.47. The molecular weight excluding hydrogens is 266 g/mol. The molecule has 0 radical (unpaired) electrons. The molecule has 1 aromatic carbocycles. The average molecular weight is 291 g/mol.